The zero-order valence-corrected chi connectivity index (χ0v) is 17.1. The molecule has 3 aromatic carbocycles. The van der Waals surface area contributed by atoms with Gasteiger partial charge in [-0.3, -0.25) is 9.59 Å². The number of ether oxygens (including phenoxy) is 1. The number of amides is 1. The summed E-state index contributed by atoms with van der Waals surface area (Å²) in [5, 5.41) is 4.17. The van der Waals surface area contributed by atoms with Gasteiger partial charge in [-0.1, -0.05) is 50.2 Å². The van der Waals surface area contributed by atoms with E-state index >= 15 is 0 Å². The Morgan fingerprint density at radius 1 is 0.900 bits per heavy atom. The van der Waals surface area contributed by atoms with Crippen molar-refractivity contribution in [1.29, 1.82) is 0 Å². The van der Waals surface area contributed by atoms with Gasteiger partial charge in [-0.2, -0.15) is 0 Å². The molecule has 152 valence electrons. The molecule has 30 heavy (non-hydrogen) atoms. The third-order valence-electron chi connectivity index (χ3n) is 4.91. The van der Waals surface area contributed by atoms with E-state index in [-0.39, 0.29) is 17.9 Å². The van der Waals surface area contributed by atoms with Crippen molar-refractivity contribution < 1.29 is 9.53 Å². The number of aromatic nitrogens is 1. The van der Waals surface area contributed by atoms with Crippen LogP contribution in [0.25, 0.3) is 21.8 Å². The molecule has 0 aliphatic rings. The maximum Gasteiger partial charge on any atom is 0.244 e. The van der Waals surface area contributed by atoms with E-state index in [1.165, 1.54) is 0 Å². The quantitative estimate of drug-likeness (QED) is 0.472. The first kappa shape index (κ1) is 19.7. The Labute approximate surface area is 174 Å². The first-order chi connectivity index (χ1) is 14.5. The molecule has 5 nitrogen and oxygen atoms in total. The van der Waals surface area contributed by atoms with Crippen LogP contribution in [0, 0.1) is 5.92 Å². The van der Waals surface area contributed by atoms with Gasteiger partial charge in [0.05, 0.1) is 23.3 Å². The van der Waals surface area contributed by atoms with E-state index in [9.17, 15) is 9.59 Å². The fourth-order valence-electron chi connectivity index (χ4n) is 3.53. The van der Waals surface area contributed by atoms with Crippen LogP contribution in [0.1, 0.15) is 13.8 Å². The minimum atomic E-state index is -0.186. The molecule has 5 heteroatoms. The number of benzene rings is 3. The van der Waals surface area contributed by atoms with Gasteiger partial charge >= 0.3 is 0 Å². The summed E-state index contributed by atoms with van der Waals surface area (Å²) in [4.78, 5) is 25.8. The topological polar surface area (TPSA) is 60.3 Å². The molecule has 1 heterocycles. The lowest BCUT2D eigenvalue weighted by Crippen LogP contribution is -2.22. The zero-order valence-electron chi connectivity index (χ0n) is 17.1. The summed E-state index contributed by atoms with van der Waals surface area (Å²) < 4.78 is 7.73. The van der Waals surface area contributed by atoms with Gasteiger partial charge in [0.2, 0.25) is 5.91 Å². The Morgan fingerprint density at radius 2 is 1.47 bits per heavy atom. The molecule has 1 aromatic heterocycles. The number of fused-ring (bicyclic) bond motifs is 2. The Morgan fingerprint density at radius 3 is 2.10 bits per heavy atom. The molecule has 0 aliphatic heterocycles. The number of carbonyl (C=O) groups is 1. The predicted octanol–water partition coefficient (Wildman–Crippen LogP) is 4.83. The van der Waals surface area contributed by atoms with Crippen molar-refractivity contribution in [2.45, 2.75) is 20.4 Å². The summed E-state index contributed by atoms with van der Waals surface area (Å²) in [7, 11) is 0. The highest BCUT2D eigenvalue weighted by Crippen LogP contribution is 2.25. The lowest BCUT2D eigenvalue weighted by Gasteiger charge is -2.17. The van der Waals surface area contributed by atoms with Crippen LogP contribution >= 0.6 is 0 Å². The fraction of sp³-hybridized carbons (Fsp3) is 0.200. The molecule has 0 radical (unpaired) electrons. The number of carbonyl (C=O) groups excluding carboxylic acids is 1. The Hall–Kier alpha value is -3.60. The third-order valence-corrected chi connectivity index (χ3v) is 4.91. The SMILES string of the molecule is CC(C)COc1ccccc1NC(=O)Cn1c2ccccc2c(=O)c2ccccc21. The van der Waals surface area contributed by atoms with Crippen LogP contribution in [-0.2, 0) is 11.3 Å². The fourth-order valence-corrected chi connectivity index (χ4v) is 3.53. The summed E-state index contributed by atoms with van der Waals surface area (Å²) in [6.07, 6.45) is 0. The summed E-state index contributed by atoms with van der Waals surface area (Å²) in [5.41, 5.74) is 2.09. The van der Waals surface area contributed by atoms with E-state index in [0.29, 0.717) is 34.7 Å². The average Bonchev–Trinajstić information content (AvgIpc) is 2.76. The molecule has 1 amide bonds. The largest absolute Gasteiger partial charge is 0.491 e. The van der Waals surface area contributed by atoms with Crippen molar-refractivity contribution >= 4 is 33.4 Å². The van der Waals surface area contributed by atoms with E-state index in [0.717, 1.165) is 11.0 Å². The normalized spacial score (nSPS) is 11.2. The van der Waals surface area contributed by atoms with Gasteiger partial charge in [-0.15, -0.1) is 0 Å². The number of nitrogens with one attached hydrogen (secondary N) is 1. The van der Waals surface area contributed by atoms with E-state index in [1.54, 1.807) is 12.1 Å². The van der Waals surface area contributed by atoms with Crippen LogP contribution in [-0.4, -0.2) is 17.1 Å². The third kappa shape index (κ3) is 3.92. The Balaban J connectivity index is 1.69. The molecule has 4 aromatic rings. The molecular weight excluding hydrogens is 376 g/mol. The molecule has 0 atom stereocenters. The van der Waals surface area contributed by atoms with Gasteiger partial charge in [0, 0.05) is 10.8 Å². The maximum atomic E-state index is 13.0. The molecule has 0 saturated heterocycles. The lowest BCUT2D eigenvalue weighted by molar-refractivity contribution is -0.116. The Kier molecular flexibility index (Phi) is 5.53. The molecular formula is C25H24N2O3. The van der Waals surface area contributed by atoms with Crippen molar-refractivity contribution in [1.82, 2.24) is 4.57 Å². The van der Waals surface area contributed by atoms with Crippen LogP contribution < -0.4 is 15.5 Å². The summed E-state index contributed by atoms with van der Waals surface area (Å²) >= 11 is 0. The van der Waals surface area contributed by atoms with Gasteiger partial charge in [0.1, 0.15) is 12.3 Å². The van der Waals surface area contributed by atoms with Crippen LogP contribution in [0.15, 0.2) is 77.6 Å². The number of hydrogen-bond donors (Lipinski definition) is 1. The van der Waals surface area contributed by atoms with E-state index in [4.69, 9.17) is 4.74 Å². The minimum absolute atomic E-state index is 0.0229. The minimum Gasteiger partial charge on any atom is -0.491 e. The van der Waals surface area contributed by atoms with Gasteiger partial charge in [0.15, 0.2) is 5.43 Å². The number of para-hydroxylation sites is 4. The second-order valence-corrected chi connectivity index (χ2v) is 7.70. The van der Waals surface area contributed by atoms with E-state index < -0.39 is 0 Å². The zero-order chi connectivity index (χ0) is 21.1. The standard InChI is InChI=1S/C25H24N2O3/c1-17(2)16-30-23-14-8-5-11-20(23)26-24(28)15-27-21-12-6-3-9-18(21)25(29)19-10-4-7-13-22(19)27/h3-14,17H,15-16H2,1-2H3,(H,26,28). The van der Waals surface area contributed by atoms with Crippen molar-refractivity contribution in [3.63, 3.8) is 0 Å². The molecule has 0 saturated carbocycles. The van der Waals surface area contributed by atoms with Crippen LogP contribution in [0.4, 0.5) is 5.69 Å². The van der Waals surface area contributed by atoms with Crippen LogP contribution in [0.2, 0.25) is 0 Å². The van der Waals surface area contributed by atoms with E-state index in [2.05, 4.69) is 19.2 Å². The first-order valence-corrected chi connectivity index (χ1v) is 10.1. The highest BCUT2D eigenvalue weighted by atomic mass is 16.5. The smallest absolute Gasteiger partial charge is 0.244 e. The lowest BCUT2D eigenvalue weighted by atomic mass is 10.1. The van der Waals surface area contributed by atoms with Gasteiger partial charge in [0.25, 0.3) is 0 Å². The summed E-state index contributed by atoms with van der Waals surface area (Å²) in [6, 6.07) is 22.2. The second-order valence-electron chi connectivity index (χ2n) is 7.70. The number of hydrogen-bond acceptors (Lipinski definition) is 3. The van der Waals surface area contributed by atoms with Gasteiger partial charge in [-0.05, 0) is 42.3 Å². The highest BCUT2D eigenvalue weighted by molar-refractivity contribution is 5.97. The summed E-state index contributed by atoms with van der Waals surface area (Å²) in [6.45, 7) is 4.81. The average molecular weight is 400 g/mol. The van der Waals surface area contributed by atoms with Crippen molar-refractivity contribution in [3.8, 4) is 5.75 Å². The number of nitrogens with zero attached hydrogens (tertiary/aromatic N) is 1. The monoisotopic (exact) mass is 400 g/mol. The van der Waals surface area contributed by atoms with Crippen molar-refractivity contribution in [3.05, 3.63) is 83.0 Å². The second kappa shape index (κ2) is 8.41. The first-order valence-electron chi connectivity index (χ1n) is 10.1. The molecule has 0 fully saturated rings. The number of pyridine rings is 1. The van der Waals surface area contributed by atoms with Crippen LogP contribution in [0.3, 0.4) is 0 Å². The van der Waals surface area contributed by atoms with Crippen LogP contribution in [0.5, 0.6) is 5.75 Å². The molecule has 0 unspecified atom stereocenters. The van der Waals surface area contributed by atoms with Gasteiger partial charge < -0.3 is 14.6 Å². The van der Waals surface area contributed by atoms with Crippen molar-refractivity contribution in [2.75, 3.05) is 11.9 Å². The van der Waals surface area contributed by atoms with Crippen molar-refractivity contribution in [2.24, 2.45) is 5.92 Å². The van der Waals surface area contributed by atoms with Gasteiger partial charge in [-0.25, -0.2) is 0 Å². The number of rotatable bonds is 6. The summed E-state index contributed by atoms with van der Waals surface area (Å²) in [5.74, 6) is 0.844. The highest BCUT2D eigenvalue weighted by Gasteiger charge is 2.14. The Bertz CT molecular complexity index is 1210. The predicted molar refractivity (Wildman–Crippen MR) is 121 cm³/mol. The number of anilines is 1. The molecule has 0 spiro atoms. The molecule has 0 bridgehead atoms. The maximum absolute atomic E-state index is 13.0. The molecule has 1 N–H and O–H groups in total. The van der Waals surface area contributed by atoms with E-state index in [1.807, 2.05) is 65.2 Å². The molecule has 4 rings (SSSR count). The molecule has 0 aliphatic carbocycles.